The number of nitrogens with two attached hydrogens (primary N) is 1. The molecule has 0 aromatic carbocycles. The molecule has 2 heterocycles. The molecule has 0 unspecified atom stereocenters. The summed E-state index contributed by atoms with van der Waals surface area (Å²) in [6.07, 6.45) is 0. The molecule has 0 amide bonds. The van der Waals surface area contributed by atoms with Crippen LogP contribution >= 0.6 is 15.9 Å². The first-order valence-corrected chi connectivity index (χ1v) is 5.18. The fraction of sp³-hybridized carbons (Fsp3) is 0.500. The van der Waals surface area contributed by atoms with E-state index in [-0.39, 0.29) is 5.95 Å². The van der Waals surface area contributed by atoms with E-state index in [4.69, 9.17) is 5.73 Å². The summed E-state index contributed by atoms with van der Waals surface area (Å²) in [6, 6.07) is 2.30. The van der Waals surface area contributed by atoms with E-state index in [9.17, 15) is 0 Å². The van der Waals surface area contributed by atoms with Gasteiger partial charge in [-0.3, -0.25) is 0 Å². The SMILES string of the molecule is CN1CC(Nc2cc(Br)nc(N)n2)C1. The lowest BCUT2D eigenvalue weighted by Gasteiger charge is -2.36. The Morgan fingerprint density at radius 1 is 1.57 bits per heavy atom. The zero-order chi connectivity index (χ0) is 10.1. The maximum atomic E-state index is 5.52. The number of aromatic nitrogens is 2. The summed E-state index contributed by atoms with van der Waals surface area (Å²) in [7, 11) is 2.09. The van der Waals surface area contributed by atoms with Crippen LogP contribution in [0.4, 0.5) is 11.8 Å². The molecule has 6 heteroatoms. The van der Waals surface area contributed by atoms with Crippen LogP contribution in [0.25, 0.3) is 0 Å². The van der Waals surface area contributed by atoms with Crippen LogP contribution in [-0.4, -0.2) is 41.0 Å². The molecule has 0 atom stereocenters. The molecule has 14 heavy (non-hydrogen) atoms. The lowest BCUT2D eigenvalue weighted by molar-refractivity contribution is 0.205. The van der Waals surface area contributed by atoms with Gasteiger partial charge < -0.3 is 16.0 Å². The van der Waals surface area contributed by atoms with Crippen LogP contribution in [0.15, 0.2) is 10.7 Å². The Kier molecular flexibility index (Phi) is 2.56. The number of nitrogens with zero attached hydrogens (tertiary/aromatic N) is 3. The molecule has 3 N–H and O–H groups in total. The van der Waals surface area contributed by atoms with Crippen molar-refractivity contribution in [3.63, 3.8) is 0 Å². The van der Waals surface area contributed by atoms with E-state index in [0.29, 0.717) is 10.6 Å². The Morgan fingerprint density at radius 2 is 2.29 bits per heavy atom. The number of nitrogen functional groups attached to an aromatic ring is 1. The van der Waals surface area contributed by atoms with Gasteiger partial charge in [0.1, 0.15) is 10.4 Å². The van der Waals surface area contributed by atoms with Crippen molar-refractivity contribution < 1.29 is 0 Å². The Hall–Kier alpha value is -0.880. The van der Waals surface area contributed by atoms with Crippen LogP contribution in [0.1, 0.15) is 0 Å². The van der Waals surface area contributed by atoms with Crippen LogP contribution < -0.4 is 11.1 Å². The first kappa shape index (κ1) is 9.67. The van der Waals surface area contributed by atoms with Crippen molar-refractivity contribution in [2.45, 2.75) is 6.04 Å². The molecule has 1 fully saturated rings. The number of likely N-dealkylation sites (tertiary alicyclic amines) is 1. The summed E-state index contributed by atoms with van der Waals surface area (Å²) in [5.74, 6) is 1.07. The lowest BCUT2D eigenvalue weighted by Crippen LogP contribution is -2.52. The van der Waals surface area contributed by atoms with Crippen LogP contribution in [0.5, 0.6) is 0 Å². The van der Waals surface area contributed by atoms with Crippen molar-refractivity contribution in [2.75, 3.05) is 31.2 Å². The molecular weight excluding hydrogens is 246 g/mol. The molecule has 1 aliphatic heterocycles. The summed E-state index contributed by atoms with van der Waals surface area (Å²) in [6.45, 7) is 2.09. The molecule has 0 saturated carbocycles. The van der Waals surface area contributed by atoms with Gasteiger partial charge in [-0.2, -0.15) is 4.98 Å². The number of hydrogen-bond donors (Lipinski definition) is 2. The second-order valence-electron chi connectivity index (χ2n) is 3.50. The maximum absolute atomic E-state index is 5.52. The Bertz CT molecular complexity index is 316. The molecule has 1 saturated heterocycles. The number of likely N-dealkylation sites (N-methyl/N-ethyl adjacent to an activating group) is 1. The zero-order valence-corrected chi connectivity index (χ0v) is 9.45. The number of rotatable bonds is 2. The van der Waals surface area contributed by atoms with Crippen LogP contribution in [0.2, 0.25) is 0 Å². The van der Waals surface area contributed by atoms with Gasteiger partial charge in [0.15, 0.2) is 0 Å². The largest absolute Gasteiger partial charge is 0.368 e. The van der Waals surface area contributed by atoms with Gasteiger partial charge in [0.2, 0.25) is 5.95 Å². The highest BCUT2D eigenvalue weighted by atomic mass is 79.9. The molecule has 76 valence electrons. The van der Waals surface area contributed by atoms with E-state index in [1.165, 1.54) is 0 Å². The van der Waals surface area contributed by atoms with Crippen LogP contribution in [-0.2, 0) is 0 Å². The van der Waals surface area contributed by atoms with Gasteiger partial charge in [-0.25, -0.2) is 4.98 Å². The predicted octanol–water partition coefficient (Wildman–Crippen LogP) is 0.547. The minimum atomic E-state index is 0.287. The zero-order valence-electron chi connectivity index (χ0n) is 7.87. The number of hydrogen-bond acceptors (Lipinski definition) is 5. The molecule has 1 aliphatic rings. The molecule has 0 bridgehead atoms. The molecule has 5 nitrogen and oxygen atoms in total. The van der Waals surface area contributed by atoms with Crippen molar-refractivity contribution in [3.8, 4) is 0 Å². The third-order valence-corrected chi connectivity index (χ3v) is 2.53. The van der Waals surface area contributed by atoms with Gasteiger partial charge in [0.05, 0.1) is 6.04 Å². The molecular formula is C8H12BrN5. The molecule has 0 radical (unpaired) electrons. The third kappa shape index (κ3) is 2.13. The van der Waals surface area contributed by atoms with Crippen LogP contribution in [0.3, 0.4) is 0 Å². The van der Waals surface area contributed by atoms with E-state index < -0.39 is 0 Å². The average Bonchev–Trinajstić information content (AvgIpc) is 1.99. The van der Waals surface area contributed by atoms with Crippen molar-refractivity contribution in [1.29, 1.82) is 0 Å². The average molecular weight is 258 g/mol. The molecule has 0 spiro atoms. The Labute approximate surface area is 90.8 Å². The second-order valence-corrected chi connectivity index (χ2v) is 4.31. The molecule has 1 aromatic rings. The van der Waals surface area contributed by atoms with Crippen molar-refractivity contribution >= 4 is 27.7 Å². The minimum Gasteiger partial charge on any atom is -0.368 e. The smallest absolute Gasteiger partial charge is 0.223 e. The Balaban J connectivity index is 2.02. The number of nitrogens with one attached hydrogen (secondary N) is 1. The van der Waals surface area contributed by atoms with Gasteiger partial charge in [0, 0.05) is 19.2 Å². The van der Waals surface area contributed by atoms with E-state index in [1.807, 2.05) is 6.07 Å². The summed E-state index contributed by atoms with van der Waals surface area (Å²) in [5.41, 5.74) is 5.52. The van der Waals surface area contributed by atoms with E-state index >= 15 is 0 Å². The van der Waals surface area contributed by atoms with Crippen molar-refractivity contribution in [3.05, 3.63) is 10.7 Å². The lowest BCUT2D eigenvalue weighted by atomic mass is 10.1. The highest BCUT2D eigenvalue weighted by Gasteiger charge is 2.23. The fourth-order valence-corrected chi connectivity index (χ4v) is 1.91. The summed E-state index contributed by atoms with van der Waals surface area (Å²) < 4.78 is 0.708. The van der Waals surface area contributed by atoms with Gasteiger partial charge >= 0.3 is 0 Å². The molecule has 0 aliphatic carbocycles. The first-order chi connectivity index (χ1) is 6.63. The van der Waals surface area contributed by atoms with Crippen molar-refractivity contribution in [2.24, 2.45) is 0 Å². The topological polar surface area (TPSA) is 67.1 Å². The normalized spacial score (nSPS) is 17.9. The summed E-state index contributed by atoms with van der Waals surface area (Å²) >= 11 is 3.27. The van der Waals surface area contributed by atoms with E-state index in [1.54, 1.807) is 0 Å². The number of anilines is 2. The standard InChI is InChI=1S/C8H12BrN5/c1-14-3-5(4-14)11-7-2-6(9)12-8(10)13-7/h2,5H,3-4H2,1H3,(H3,10,11,12,13). The minimum absolute atomic E-state index is 0.287. The van der Waals surface area contributed by atoms with Crippen molar-refractivity contribution in [1.82, 2.24) is 14.9 Å². The Morgan fingerprint density at radius 3 is 2.86 bits per heavy atom. The second kappa shape index (κ2) is 3.70. The van der Waals surface area contributed by atoms with Gasteiger partial charge in [-0.1, -0.05) is 0 Å². The third-order valence-electron chi connectivity index (χ3n) is 2.13. The molecule has 2 rings (SSSR count). The van der Waals surface area contributed by atoms with E-state index in [2.05, 4.69) is 43.2 Å². The maximum Gasteiger partial charge on any atom is 0.223 e. The van der Waals surface area contributed by atoms with Crippen LogP contribution in [0, 0.1) is 0 Å². The fourth-order valence-electron chi connectivity index (χ4n) is 1.51. The monoisotopic (exact) mass is 257 g/mol. The highest BCUT2D eigenvalue weighted by molar-refractivity contribution is 9.10. The highest BCUT2D eigenvalue weighted by Crippen LogP contribution is 2.16. The molecule has 1 aromatic heterocycles. The van der Waals surface area contributed by atoms with Gasteiger partial charge in [-0.15, -0.1) is 0 Å². The first-order valence-electron chi connectivity index (χ1n) is 4.38. The predicted molar refractivity (Wildman–Crippen MR) is 59.1 cm³/mol. The summed E-state index contributed by atoms with van der Waals surface area (Å²) in [5, 5.41) is 3.29. The van der Waals surface area contributed by atoms with Gasteiger partial charge in [0.25, 0.3) is 0 Å². The van der Waals surface area contributed by atoms with E-state index in [0.717, 1.165) is 18.9 Å². The number of halogens is 1. The van der Waals surface area contributed by atoms with Gasteiger partial charge in [-0.05, 0) is 23.0 Å². The summed E-state index contributed by atoms with van der Waals surface area (Å²) in [4.78, 5) is 10.3. The quantitative estimate of drug-likeness (QED) is 0.758.